The molecule has 0 bridgehead atoms. The fourth-order valence-corrected chi connectivity index (χ4v) is 3.01. The molecule has 0 saturated heterocycles. The first-order chi connectivity index (χ1) is 12.5. The lowest BCUT2D eigenvalue weighted by Crippen LogP contribution is -2.28. The second-order valence-corrected chi connectivity index (χ2v) is 6.18. The van der Waals surface area contributed by atoms with E-state index in [2.05, 4.69) is 15.6 Å². The summed E-state index contributed by atoms with van der Waals surface area (Å²) < 4.78 is 18.6. The van der Waals surface area contributed by atoms with Gasteiger partial charge >= 0.3 is 0 Å². The molecular formula is C19H16FN3O3. The molecule has 6 nitrogen and oxygen atoms in total. The van der Waals surface area contributed by atoms with E-state index in [0.717, 1.165) is 5.56 Å². The van der Waals surface area contributed by atoms with Gasteiger partial charge < -0.3 is 20.4 Å². The highest BCUT2D eigenvalue weighted by molar-refractivity contribution is 6.06. The Kier molecular flexibility index (Phi) is 3.84. The molecule has 4 rings (SSSR count). The number of fused-ring (bicyclic) bond motifs is 2. The predicted octanol–water partition coefficient (Wildman–Crippen LogP) is 3.13. The molecule has 0 spiro atoms. The molecule has 0 radical (unpaired) electrons. The van der Waals surface area contributed by atoms with Crippen molar-refractivity contribution in [3.05, 3.63) is 59.5 Å². The van der Waals surface area contributed by atoms with Crippen molar-refractivity contribution in [1.82, 2.24) is 10.3 Å². The molecule has 1 aromatic heterocycles. The van der Waals surface area contributed by atoms with Gasteiger partial charge in [-0.15, -0.1) is 0 Å². The van der Waals surface area contributed by atoms with Crippen molar-refractivity contribution < 1.29 is 18.7 Å². The molecule has 1 atom stereocenters. The van der Waals surface area contributed by atoms with Crippen LogP contribution in [0.3, 0.4) is 0 Å². The van der Waals surface area contributed by atoms with Crippen molar-refractivity contribution in [2.75, 3.05) is 11.9 Å². The van der Waals surface area contributed by atoms with Gasteiger partial charge in [-0.2, -0.15) is 0 Å². The number of halogens is 1. The second kappa shape index (κ2) is 6.18. The van der Waals surface area contributed by atoms with Crippen molar-refractivity contribution in [1.29, 1.82) is 0 Å². The Morgan fingerprint density at radius 3 is 2.96 bits per heavy atom. The number of benzene rings is 2. The summed E-state index contributed by atoms with van der Waals surface area (Å²) in [7, 11) is 0. The molecule has 132 valence electrons. The van der Waals surface area contributed by atoms with Gasteiger partial charge in [0.1, 0.15) is 11.6 Å². The minimum atomic E-state index is -0.363. The number of nitrogens with one attached hydrogen (secondary N) is 3. The summed E-state index contributed by atoms with van der Waals surface area (Å²) in [4.78, 5) is 27.0. The van der Waals surface area contributed by atoms with E-state index in [1.165, 1.54) is 12.1 Å². The molecule has 26 heavy (non-hydrogen) atoms. The number of rotatable bonds is 3. The highest BCUT2D eigenvalue weighted by Crippen LogP contribution is 2.30. The number of ether oxygens (including phenoxy) is 1. The normalized spacial score (nSPS) is 14.3. The number of anilines is 1. The quantitative estimate of drug-likeness (QED) is 0.676. The van der Waals surface area contributed by atoms with Gasteiger partial charge in [-0.05, 0) is 42.8 Å². The summed E-state index contributed by atoms with van der Waals surface area (Å²) >= 11 is 0. The number of H-pyrrole nitrogens is 1. The molecule has 0 aliphatic carbocycles. The largest absolute Gasteiger partial charge is 0.482 e. The summed E-state index contributed by atoms with van der Waals surface area (Å²) in [6, 6.07) is 9.34. The molecule has 0 fully saturated rings. The van der Waals surface area contributed by atoms with E-state index in [4.69, 9.17) is 4.74 Å². The van der Waals surface area contributed by atoms with Gasteiger partial charge in [0, 0.05) is 17.1 Å². The van der Waals surface area contributed by atoms with Gasteiger partial charge in [-0.1, -0.05) is 6.07 Å². The number of aromatic nitrogens is 1. The maximum absolute atomic E-state index is 13.3. The SMILES string of the molecule is CC(NC(=O)c1c[nH]c2cc(F)ccc12)c1ccc2c(c1)NC(=O)CO2. The Hall–Kier alpha value is -3.35. The number of aromatic amines is 1. The summed E-state index contributed by atoms with van der Waals surface area (Å²) in [5, 5.41) is 6.32. The standard InChI is InChI=1S/C19H16FN3O3/c1-10(11-2-5-17-16(6-11)23-18(24)9-26-17)22-19(25)14-8-21-15-7-12(20)3-4-13(14)15/h2-8,10,21H,9H2,1H3,(H,22,25)(H,23,24). The lowest BCUT2D eigenvalue weighted by Gasteiger charge is -2.21. The van der Waals surface area contributed by atoms with E-state index >= 15 is 0 Å². The molecule has 2 aromatic carbocycles. The smallest absolute Gasteiger partial charge is 0.262 e. The number of carbonyl (C=O) groups is 2. The predicted molar refractivity (Wildman–Crippen MR) is 94.7 cm³/mol. The van der Waals surface area contributed by atoms with Crippen molar-refractivity contribution >= 4 is 28.4 Å². The van der Waals surface area contributed by atoms with Crippen LogP contribution in [0.4, 0.5) is 10.1 Å². The van der Waals surface area contributed by atoms with Gasteiger partial charge in [0.2, 0.25) is 0 Å². The third-order valence-electron chi connectivity index (χ3n) is 4.37. The molecule has 7 heteroatoms. The van der Waals surface area contributed by atoms with Crippen LogP contribution in [0.1, 0.15) is 28.9 Å². The van der Waals surface area contributed by atoms with Crippen LogP contribution in [-0.2, 0) is 4.79 Å². The monoisotopic (exact) mass is 353 g/mol. The van der Waals surface area contributed by atoms with Gasteiger partial charge in [0.05, 0.1) is 17.3 Å². The molecule has 2 heterocycles. The molecule has 3 aromatic rings. The fourth-order valence-electron chi connectivity index (χ4n) is 3.01. The average molecular weight is 353 g/mol. The summed E-state index contributed by atoms with van der Waals surface area (Å²) in [6.07, 6.45) is 1.56. The summed E-state index contributed by atoms with van der Waals surface area (Å²) in [6.45, 7) is 1.85. The van der Waals surface area contributed by atoms with E-state index in [-0.39, 0.29) is 30.3 Å². The van der Waals surface area contributed by atoms with Crippen LogP contribution in [0.5, 0.6) is 5.75 Å². The van der Waals surface area contributed by atoms with Gasteiger partial charge in [0.25, 0.3) is 11.8 Å². The Balaban J connectivity index is 1.55. The minimum Gasteiger partial charge on any atom is -0.482 e. The number of carbonyl (C=O) groups excluding carboxylic acids is 2. The average Bonchev–Trinajstić information content (AvgIpc) is 3.04. The second-order valence-electron chi connectivity index (χ2n) is 6.18. The first kappa shape index (κ1) is 16.1. The molecule has 1 aliphatic heterocycles. The Morgan fingerprint density at radius 2 is 2.12 bits per heavy atom. The van der Waals surface area contributed by atoms with E-state index in [0.29, 0.717) is 27.9 Å². The van der Waals surface area contributed by atoms with E-state index < -0.39 is 0 Å². The highest BCUT2D eigenvalue weighted by Gasteiger charge is 2.19. The zero-order valence-corrected chi connectivity index (χ0v) is 13.9. The maximum Gasteiger partial charge on any atom is 0.262 e. The maximum atomic E-state index is 13.3. The molecular weight excluding hydrogens is 337 g/mol. The van der Waals surface area contributed by atoms with Gasteiger partial charge in [0.15, 0.2) is 6.61 Å². The molecule has 1 unspecified atom stereocenters. The summed E-state index contributed by atoms with van der Waals surface area (Å²) in [5.74, 6) is -0.241. The van der Waals surface area contributed by atoms with Crippen LogP contribution >= 0.6 is 0 Å². The highest BCUT2D eigenvalue weighted by atomic mass is 19.1. The fraction of sp³-hybridized carbons (Fsp3) is 0.158. The lowest BCUT2D eigenvalue weighted by molar-refractivity contribution is -0.118. The first-order valence-electron chi connectivity index (χ1n) is 8.15. The topological polar surface area (TPSA) is 83.2 Å². The summed E-state index contributed by atoms with van der Waals surface area (Å²) in [5.41, 5.74) is 2.43. The molecule has 1 aliphatic rings. The van der Waals surface area contributed by atoms with Crippen LogP contribution in [0.15, 0.2) is 42.6 Å². The molecule has 0 saturated carbocycles. The first-order valence-corrected chi connectivity index (χ1v) is 8.15. The van der Waals surface area contributed by atoms with Crippen molar-refractivity contribution in [3.8, 4) is 5.75 Å². The zero-order valence-electron chi connectivity index (χ0n) is 13.9. The number of hydrogen-bond acceptors (Lipinski definition) is 3. The molecule has 2 amide bonds. The van der Waals surface area contributed by atoms with Crippen LogP contribution < -0.4 is 15.4 Å². The van der Waals surface area contributed by atoms with E-state index in [1.807, 2.05) is 13.0 Å². The Labute approximate surface area is 148 Å². The van der Waals surface area contributed by atoms with E-state index in [9.17, 15) is 14.0 Å². The van der Waals surface area contributed by atoms with Crippen molar-refractivity contribution in [2.24, 2.45) is 0 Å². The van der Waals surface area contributed by atoms with Crippen LogP contribution in [0.25, 0.3) is 10.9 Å². The van der Waals surface area contributed by atoms with Gasteiger partial charge in [-0.25, -0.2) is 4.39 Å². The minimum absolute atomic E-state index is 0.000204. The van der Waals surface area contributed by atoms with Crippen LogP contribution in [0, 0.1) is 5.82 Å². The third kappa shape index (κ3) is 2.88. The van der Waals surface area contributed by atoms with Gasteiger partial charge in [-0.3, -0.25) is 9.59 Å². The lowest BCUT2D eigenvalue weighted by atomic mass is 10.1. The molecule has 3 N–H and O–H groups in total. The zero-order chi connectivity index (χ0) is 18.3. The van der Waals surface area contributed by atoms with Crippen LogP contribution in [0.2, 0.25) is 0 Å². The van der Waals surface area contributed by atoms with Crippen LogP contribution in [-0.4, -0.2) is 23.4 Å². The number of hydrogen-bond donors (Lipinski definition) is 3. The Morgan fingerprint density at radius 1 is 1.27 bits per heavy atom. The van der Waals surface area contributed by atoms with Crippen molar-refractivity contribution in [2.45, 2.75) is 13.0 Å². The third-order valence-corrected chi connectivity index (χ3v) is 4.37. The van der Waals surface area contributed by atoms with E-state index in [1.54, 1.807) is 24.4 Å². The van der Waals surface area contributed by atoms with Crippen molar-refractivity contribution in [3.63, 3.8) is 0 Å². The number of amides is 2. The Bertz CT molecular complexity index is 1030.